The molecule has 0 bridgehead atoms. The van der Waals surface area contributed by atoms with Crippen LogP contribution in [0, 0.1) is 0 Å². The summed E-state index contributed by atoms with van der Waals surface area (Å²) in [5.41, 5.74) is 0.109. The fraction of sp³-hybridized carbons (Fsp3) is 0.409. The molecular formula is C22H28N2O5. The fourth-order valence-corrected chi connectivity index (χ4v) is 3.59. The highest BCUT2D eigenvalue weighted by Crippen LogP contribution is 2.28. The van der Waals surface area contributed by atoms with Gasteiger partial charge in [-0.15, -0.1) is 0 Å². The Morgan fingerprint density at radius 1 is 1.17 bits per heavy atom. The number of hydrogen-bond donors (Lipinski definition) is 3. The topological polar surface area (TPSA) is 91.3 Å². The van der Waals surface area contributed by atoms with Crippen LogP contribution >= 0.6 is 0 Å². The van der Waals surface area contributed by atoms with E-state index in [0.717, 1.165) is 5.56 Å². The Kier molecular flexibility index (Phi) is 6.74. The molecule has 1 saturated heterocycles. The van der Waals surface area contributed by atoms with E-state index in [4.69, 9.17) is 9.47 Å². The van der Waals surface area contributed by atoms with Crippen molar-refractivity contribution >= 4 is 5.91 Å². The maximum Gasteiger partial charge on any atom is 0.253 e. The number of aliphatic hydroxyl groups is 2. The number of carbonyl (C=O) groups excluding carboxylic acids is 1. The number of rotatable bonds is 7. The van der Waals surface area contributed by atoms with Gasteiger partial charge in [-0.3, -0.25) is 4.79 Å². The number of piperidine rings is 1. The van der Waals surface area contributed by atoms with E-state index in [9.17, 15) is 15.0 Å². The maximum absolute atomic E-state index is 12.7. The molecule has 2 atom stereocenters. The van der Waals surface area contributed by atoms with Crippen LogP contribution in [0.15, 0.2) is 48.5 Å². The Balaban J connectivity index is 1.62. The van der Waals surface area contributed by atoms with Crippen LogP contribution in [0.2, 0.25) is 0 Å². The standard InChI is InChI=1S/C22H28N2O5/c1-28-18-9-8-16(12-19(18)29-2)13-23-14-22(27)15-24(11-10-20(22)25)21(26)17-6-4-3-5-7-17/h3-9,12,20,23,25,27H,10-11,13-15H2,1-2H3/t20-,22+/m1/s1. The summed E-state index contributed by atoms with van der Waals surface area (Å²) in [7, 11) is 3.16. The molecule has 0 unspecified atom stereocenters. The lowest BCUT2D eigenvalue weighted by molar-refractivity contribution is -0.111. The lowest BCUT2D eigenvalue weighted by Gasteiger charge is -2.42. The third kappa shape index (κ3) is 4.87. The van der Waals surface area contributed by atoms with E-state index >= 15 is 0 Å². The number of methoxy groups -OCH3 is 2. The van der Waals surface area contributed by atoms with Crippen molar-refractivity contribution in [3.63, 3.8) is 0 Å². The van der Waals surface area contributed by atoms with Gasteiger partial charge in [0.2, 0.25) is 0 Å². The molecule has 1 amide bonds. The number of nitrogens with zero attached hydrogens (tertiary/aromatic N) is 1. The number of benzene rings is 2. The van der Waals surface area contributed by atoms with Gasteiger partial charge in [0, 0.05) is 25.2 Å². The van der Waals surface area contributed by atoms with Gasteiger partial charge in [0.15, 0.2) is 11.5 Å². The first-order valence-corrected chi connectivity index (χ1v) is 9.63. The molecule has 2 aromatic carbocycles. The third-order valence-corrected chi connectivity index (χ3v) is 5.27. The van der Waals surface area contributed by atoms with Gasteiger partial charge >= 0.3 is 0 Å². The Hall–Kier alpha value is -2.61. The monoisotopic (exact) mass is 400 g/mol. The van der Waals surface area contributed by atoms with E-state index in [1.807, 2.05) is 36.4 Å². The first kappa shape index (κ1) is 21.1. The van der Waals surface area contributed by atoms with Crippen LogP contribution in [0.1, 0.15) is 22.3 Å². The molecule has 1 aliphatic heterocycles. The molecule has 7 heteroatoms. The summed E-state index contributed by atoms with van der Waals surface area (Å²) in [6.45, 7) is 1.11. The second-order valence-electron chi connectivity index (χ2n) is 7.29. The minimum Gasteiger partial charge on any atom is -0.493 e. The minimum atomic E-state index is -1.42. The molecule has 0 aromatic heterocycles. The zero-order chi connectivity index (χ0) is 20.9. The van der Waals surface area contributed by atoms with Gasteiger partial charge in [-0.2, -0.15) is 0 Å². The zero-order valence-electron chi connectivity index (χ0n) is 16.8. The molecule has 0 aliphatic carbocycles. The Morgan fingerprint density at radius 2 is 1.90 bits per heavy atom. The highest BCUT2D eigenvalue weighted by Gasteiger charge is 2.42. The van der Waals surface area contributed by atoms with E-state index < -0.39 is 11.7 Å². The normalized spacial score (nSPS) is 21.7. The van der Waals surface area contributed by atoms with Crippen LogP contribution in [0.3, 0.4) is 0 Å². The van der Waals surface area contributed by atoms with Crippen molar-refractivity contribution in [3.05, 3.63) is 59.7 Å². The number of hydrogen-bond acceptors (Lipinski definition) is 6. The minimum absolute atomic E-state index is 0.0703. The fourth-order valence-electron chi connectivity index (χ4n) is 3.59. The number of ether oxygens (including phenoxy) is 2. The van der Waals surface area contributed by atoms with Crippen molar-refractivity contribution in [2.24, 2.45) is 0 Å². The Morgan fingerprint density at radius 3 is 2.59 bits per heavy atom. The van der Waals surface area contributed by atoms with E-state index in [1.54, 1.807) is 31.3 Å². The molecule has 2 aromatic rings. The lowest BCUT2D eigenvalue weighted by Crippen LogP contribution is -2.62. The number of amides is 1. The number of likely N-dealkylation sites (tertiary alicyclic amines) is 1. The van der Waals surface area contributed by atoms with Gasteiger partial charge < -0.3 is 29.9 Å². The number of aliphatic hydroxyl groups excluding tert-OH is 1. The highest BCUT2D eigenvalue weighted by molar-refractivity contribution is 5.94. The first-order chi connectivity index (χ1) is 14.0. The van der Waals surface area contributed by atoms with Crippen molar-refractivity contribution < 1.29 is 24.5 Å². The van der Waals surface area contributed by atoms with Gasteiger partial charge in [-0.1, -0.05) is 24.3 Å². The van der Waals surface area contributed by atoms with Crippen molar-refractivity contribution in [2.45, 2.75) is 24.7 Å². The maximum atomic E-state index is 12.7. The van der Waals surface area contributed by atoms with Crippen LogP contribution in [-0.2, 0) is 6.54 Å². The highest BCUT2D eigenvalue weighted by atomic mass is 16.5. The molecule has 3 rings (SSSR count). The molecule has 29 heavy (non-hydrogen) atoms. The van der Waals surface area contributed by atoms with Crippen LogP contribution < -0.4 is 14.8 Å². The second-order valence-corrected chi connectivity index (χ2v) is 7.29. The third-order valence-electron chi connectivity index (χ3n) is 5.27. The lowest BCUT2D eigenvalue weighted by atomic mass is 9.89. The van der Waals surface area contributed by atoms with Gasteiger partial charge in [-0.25, -0.2) is 0 Å². The number of β-amino-alcohol motifs (C(OH)–C–C–N with tert-alkyl or cyclic N) is 1. The number of nitrogens with one attached hydrogen (secondary N) is 1. The summed E-state index contributed by atoms with van der Waals surface area (Å²) in [4.78, 5) is 14.3. The summed E-state index contributed by atoms with van der Waals surface area (Å²) in [5.74, 6) is 1.13. The first-order valence-electron chi connectivity index (χ1n) is 9.63. The van der Waals surface area contributed by atoms with Gasteiger partial charge in [0.1, 0.15) is 5.60 Å². The Bertz CT molecular complexity index is 829. The summed E-state index contributed by atoms with van der Waals surface area (Å²) >= 11 is 0. The second kappa shape index (κ2) is 9.26. The van der Waals surface area contributed by atoms with Crippen molar-refractivity contribution in [2.75, 3.05) is 33.9 Å². The van der Waals surface area contributed by atoms with Crippen LogP contribution in [0.4, 0.5) is 0 Å². The predicted octanol–water partition coefficient (Wildman–Crippen LogP) is 1.43. The molecular weight excluding hydrogens is 372 g/mol. The smallest absolute Gasteiger partial charge is 0.253 e. The molecule has 0 radical (unpaired) electrons. The van der Waals surface area contributed by atoms with Crippen molar-refractivity contribution in [1.29, 1.82) is 0 Å². The van der Waals surface area contributed by atoms with Crippen molar-refractivity contribution in [1.82, 2.24) is 10.2 Å². The molecule has 156 valence electrons. The molecule has 7 nitrogen and oxygen atoms in total. The molecule has 0 saturated carbocycles. The molecule has 3 N–H and O–H groups in total. The molecule has 0 spiro atoms. The van der Waals surface area contributed by atoms with E-state index in [0.29, 0.717) is 36.6 Å². The summed E-state index contributed by atoms with van der Waals surface area (Å²) < 4.78 is 10.5. The largest absolute Gasteiger partial charge is 0.493 e. The Labute approximate surface area is 170 Å². The van der Waals surface area contributed by atoms with Crippen molar-refractivity contribution in [3.8, 4) is 11.5 Å². The van der Waals surface area contributed by atoms with E-state index in [-0.39, 0.29) is 19.0 Å². The summed E-state index contributed by atoms with van der Waals surface area (Å²) in [6, 6.07) is 14.6. The molecule has 1 heterocycles. The van der Waals surface area contributed by atoms with Gasteiger partial charge in [0.25, 0.3) is 5.91 Å². The average molecular weight is 400 g/mol. The summed E-state index contributed by atoms with van der Waals surface area (Å²) in [6.07, 6.45) is -0.576. The quantitative estimate of drug-likeness (QED) is 0.651. The zero-order valence-corrected chi connectivity index (χ0v) is 16.8. The molecule has 1 fully saturated rings. The van der Waals surface area contributed by atoms with Gasteiger partial charge in [-0.05, 0) is 36.2 Å². The number of carbonyl (C=O) groups is 1. The molecule has 1 aliphatic rings. The predicted molar refractivity (Wildman–Crippen MR) is 109 cm³/mol. The van der Waals surface area contributed by atoms with Crippen LogP contribution in [0.5, 0.6) is 11.5 Å². The average Bonchev–Trinajstić information content (AvgIpc) is 2.75. The van der Waals surface area contributed by atoms with E-state index in [2.05, 4.69) is 5.32 Å². The van der Waals surface area contributed by atoms with Gasteiger partial charge in [0.05, 0.1) is 26.9 Å². The van der Waals surface area contributed by atoms with E-state index in [1.165, 1.54) is 0 Å². The van der Waals surface area contributed by atoms with Crippen LogP contribution in [0.25, 0.3) is 0 Å². The SMILES string of the molecule is COc1ccc(CNC[C@]2(O)CN(C(=O)c3ccccc3)CC[C@H]2O)cc1OC. The summed E-state index contributed by atoms with van der Waals surface area (Å²) in [5, 5.41) is 24.6. The van der Waals surface area contributed by atoms with Crippen LogP contribution in [-0.4, -0.2) is 66.6 Å².